The third-order valence-electron chi connectivity index (χ3n) is 4.29. The average Bonchev–Trinajstić information content (AvgIpc) is 2.54. The second-order valence-corrected chi connectivity index (χ2v) is 5.99. The van der Waals surface area contributed by atoms with Crippen LogP contribution in [0.15, 0.2) is 30.3 Å². The van der Waals surface area contributed by atoms with Gasteiger partial charge < -0.3 is 11.1 Å². The summed E-state index contributed by atoms with van der Waals surface area (Å²) in [5.74, 6) is -0.0288. The molecule has 1 heterocycles. The van der Waals surface area contributed by atoms with Crippen molar-refractivity contribution in [3.05, 3.63) is 35.9 Å². The summed E-state index contributed by atoms with van der Waals surface area (Å²) in [6.07, 6.45) is 3.65. The van der Waals surface area contributed by atoms with Gasteiger partial charge in [0, 0.05) is 31.6 Å². The SMILES string of the molecule is CC(CN)C(=O)NCC1CCCCN1Cc1ccccc1. The summed E-state index contributed by atoms with van der Waals surface area (Å²) in [5, 5.41) is 3.06. The van der Waals surface area contributed by atoms with Crippen molar-refractivity contribution in [3.63, 3.8) is 0 Å². The summed E-state index contributed by atoms with van der Waals surface area (Å²) in [6, 6.07) is 11.0. The van der Waals surface area contributed by atoms with Crippen molar-refractivity contribution in [1.82, 2.24) is 10.2 Å². The van der Waals surface area contributed by atoms with Crippen LogP contribution < -0.4 is 11.1 Å². The second-order valence-electron chi connectivity index (χ2n) is 5.99. The van der Waals surface area contributed by atoms with Gasteiger partial charge in [-0.3, -0.25) is 9.69 Å². The third-order valence-corrected chi connectivity index (χ3v) is 4.29. The van der Waals surface area contributed by atoms with Crippen molar-refractivity contribution < 1.29 is 4.79 Å². The maximum Gasteiger partial charge on any atom is 0.224 e. The molecule has 1 saturated heterocycles. The Bertz CT molecular complexity index is 435. The first kappa shape index (κ1) is 16.0. The van der Waals surface area contributed by atoms with E-state index in [2.05, 4.69) is 34.5 Å². The minimum atomic E-state index is -0.101. The summed E-state index contributed by atoms with van der Waals surface area (Å²) >= 11 is 0. The quantitative estimate of drug-likeness (QED) is 0.839. The lowest BCUT2D eigenvalue weighted by molar-refractivity contribution is -0.124. The Hall–Kier alpha value is -1.39. The lowest BCUT2D eigenvalue weighted by atomic mass is 10.0. The zero-order chi connectivity index (χ0) is 15.1. The molecule has 0 aromatic heterocycles. The van der Waals surface area contributed by atoms with Crippen molar-refractivity contribution in [3.8, 4) is 0 Å². The Balaban J connectivity index is 1.88. The van der Waals surface area contributed by atoms with E-state index in [0.717, 1.165) is 26.1 Å². The highest BCUT2D eigenvalue weighted by atomic mass is 16.1. The molecule has 0 spiro atoms. The molecule has 1 aliphatic rings. The van der Waals surface area contributed by atoms with Gasteiger partial charge in [0.25, 0.3) is 0 Å². The third kappa shape index (κ3) is 4.83. The number of benzene rings is 1. The molecule has 2 unspecified atom stereocenters. The fourth-order valence-corrected chi connectivity index (χ4v) is 2.82. The molecule has 0 radical (unpaired) electrons. The van der Waals surface area contributed by atoms with Crippen LogP contribution in [0.4, 0.5) is 0 Å². The van der Waals surface area contributed by atoms with Crippen LogP contribution in [-0.2, 0) is 11.3 Å². The van der Waals surface area contributed by atoms with E-state index in [1.54, 1.807) is 0 Å². The Morgan fingerprint density at radius 3 is 2.86 bits per heavy atom. The van der Waals surface area contributed by atoms with Crippen molar-refractivity contribution in [1.29, 1.82) is 0 Å². The highest BCUT2D eigenvalue weighted by Crippen LogP contribution is 2.19. The van der Waals surface area contributed by atoms with E-state index >= 15 is 0 Å². The van der Waals surface area contributed by atoms with Gasteiger partial charge in [-0.2, -0.15) is 0 Å². The minimum Gasteiger partial charge on any atom is -0.354 e. The standard InChI is InChI=1S/C17H27N3O/c1-14(11-18)17(21)19-12-16-9-5-6-10-20(16)13-15-7-3-2-4-8-15/h2-4,7-8,14,16H,5-6,9-13,18H2,1H3,(H,19,21). The first-order valence-corrected chi connectivity index (χ1v) is 7.96. The van der Waals surface area contributed by atoms with Crippen LogP contribution in [0.1, 0.15) is 31.7 Å². The van der Waals surface area contributed by atoms with Gasteiger partial charge in [-0.05, 0) is 24.9 Å². The average molecular weight is 289 g/mol. The number of rotatable bonds is 6. The van der Waals surface area contributed by atoms with Crippen LogP contribution in [0, 0.1) is 5.92 Å². The van der Waals surface area contributed by atoms with Crippen LogP contribution in [-0.4, -0.2) is 36.5 Å². The molecule has 116 valence electrons. The van der Waals surface area contributed by atoms with Crippen LogP contribution in [0.3, 0.4) is 0 Å². The maximum absolute atomic E-state index is 11.9. The number of amides is 1. The number of hydrogen-bond donors (Lipinski definition) is 2. The first-order chi connectivity index (χ1) is 10.2. The molecular formula is C17H27N3O. The molecule has 2 atom stereocenters. The van der Waals surface area contributed by atoms with Crippen molar-refractivity contribution in [2.24, 2.45) is 11.7 Å². The molecule has 1 amide bonds. The van der Waals surface area contributed by atoms with Crippen molar-refractivity contribution >= 4 is 5.91 Å². The number of hydrogen-bond acceptors (Lipinski definition) is 3. The van der Waals surface area contributed by atoms with Gasteiger partial charge in [-0.25, -0.2) is 0 Å². The maximum atomic E-state index is 11.9. The van der Waals surface area contributed by atoms with Gasteiger partial charge >= 0.3 is 0 Å². The molecule has 0 bridgehead atoms. The smallest absolute Gasteiger partial charge is 0.224 e. The Labute approximate surface area is 127 Å². The summed E-state index contributed by atoms with van der Waals surface area (Å²) in [6.45, 7) is 5.09. The van der Waals surface area contributed by atoms with Crippen LogP contribution >= 0.6 is 0 Å². The lowest BCUT2D eigenvalue weighted by Gasteiger charge is -2.36. The predicted molar refractivity (Wildman–Crippen MR) is 85.7 cm³/mol. The van der Waals surface area contributed by atoms with Crippen LogP contribution in [0.5, 0.6) is 0 Å². The monoisotopic (exact) mass is 289 g/mol. The Morgan fingerprint density at radius 1 is 1.38 bits per heavy atom. The molecule has 21 heavy (non-hydrogen) atoms. The minimum absolute atomic E-state index is 0.0720. The van der Waals surface area contributed by atoms with E-state index in [4.69, 9.17) is 5.73 Å². The Morgan fingerprint density at radius 2 is 2.14 bits per heavy atom. The zero-order valence-corrected chi connectivity index (χ0v) is 12.9. The predicted octanol–water partition coefficient (Wildman–Crippen LogP) is 1.75. The fraction of sp³-hybridized carbons (Fsp3) is 0.588. The van der Waals surface area contributed by atoms with Gasteiger partial charge in [0.05, 0.1) is 0 Å². The van der Waals surface area contributed by atoms with Gasteiger partial charge in [-0.1, -0.05) is 43.7 Å². The molecule has 1 fully saturated rings. The van der Waals surface area contributed by atoms with Crippen molar-refractivity contribution in [2.75, 3.05) is 19.6 Å². The number of carbonyl (C=O) groups excluding carboxylic acids is 1. The van der Waals surface area contributed by atoms with Gasteiger partial charge in [0.15, 0.2) is 0 Å². The molecule has 0 aliphatic carbocycles. The molecule has 3 N–H and O–H groups in total. The normalized spacial score (nSPS) is 21.0. The lowest BCUT2D eigenvalue weighted by Crippen LogP contribution is -2.47. The summed E-state index contributed by atoms with van der Waals surface area (Å²) in [7, 11) is 0. The number of likely N-dealkylation sites (tertiary alicyclic amines) is 1. The molecule has 2 rings (SSSR count). The number of nitrogens with zero attached hydrogens (tertiary/aromatic N) is 1. The summed E-state index contributed by atoms with van der Waals surface area (Å²) in [5.41, 5.74) is 6.88. The number of piperidine rings is 1. The molecule has 1 aromatic rings. The number of nitrogens with two attached hydrogens (primary N) is 1. The highest BCUT2D eigenvalue weighted by Gasteiger charge is 2.23. The molecule has 0 saturated carbocycles. The molecule has 4 nitrogen and oxygen atoms in total. The van der Waals surface area contributed by atoms with Crippen LogP contribution in [0.25, 0.3) is 0 Å². The fourth-order valence-electron chi connectivity index (χ4n) is 2.82. The number of nitrogens with one attached hydrogen (secondary N) is 1. The molecule has 1 aromatic carbocycles. The van der Waals surface area contributed by atoms with Gasteiger partial charge in [0.1, 0.15) is 0 Å². The van der Waals surface area contributed by atoms with E-state index < -0.39 is 0 Å². The van der Waals surface area contributed by atoms with Gasteiger partial charge in [0.2, 0.25) is 5.91 Å². The van der Waals surface area contributed by atoms with E-state index in [1.165, 1.54) is 18.4 Å². The molecule has 1 aliphatic heterocycles. The Kier molecular flexibility index (Phi) is 6.21. The van der Waals surface area contributed by atoms with Crippen molar-refractivity contribution in [2.45, 2.75) is 38.8 Å². The number of carbonyl (C=O) groups is 1. The highest BCUT2D eigenvalue weighted by molar-refractivity contribution is 5.78. The van der Waals surface area contributed by atoms with E-state index in [0.29, 0.717) is 12.6 Å². The van der Waals surface area contributed by atoms with Crippen LogP contribution in [0.2, 0.25) is 0 Å². The molecular weight excluding hydrogens is 262 g/mol. The topological polar surface area (TPSA) is 58.4 Å². The second kappa shape index (κ2) is 8.15. The molecule has 4 heteroatoms. The summed E-state index contributed by atoms with van der Waals surface area (Å²) < 4.78 is 0. The first-order valence-electron chi connectivity index (χ1n) is 7.96. The zero-order valence-electron chi connectivity index (χ0n) is 12.9. The van der Waals surface area contributed by atoms with E-state index in [-0.39, 0.29) is 11.8 Å². The van der Waals surface area contributed by atoms with E-state index in [1.807, 2.05) is 13.0 Å². The summed E-state index contributed by atoms with van der Waals surface area (Å²) in [4.78, 5) is 14.4. The van der Waals surface area contributed by atoms with Gasteiger partial charge in [-0.15, -0.1) is 0 Å². The van der Waals surface area contributed by atoms with E-state index in [9.17, 15) is 4.79 Å². The largest absolute Gasteiger partial charge is 0.354 e.